The molecule has 1 aromatic heterocycles. The molecule has 1 atom stereocenters. The van der Waals surface area contributed by atoms with Gasteiger partial charge in [0, 0.05) is 30.4 Å². The maximum atomic E-state index is 12.2. The summed E-state index contributed by atoms with van der Waals surface area (Å²) < 4.78 is 0. The monoisotopic (exact) mass is 341 g/mol. The summed E-state index contributed by atoms with van der Waals surface area (Å²) >= 11 is 0. The fourth-order valence-corrected chi connectivity index (χ4v) is 2.14. The number of carbonyl (C=O) groups is 2. The molecule has 0 aliphatic carbocycles. The van der Waals surface area contributed by atoms with E-state index in [1.807, 2.05) is 26.0 Å². The summed E-state index contributed by atoms with van der Waals surface area (Å²) in [6.07, 6.45) is 0.849. The Balaban J connectivity index is 2.14. The van der Waals surface area contributed by atoms with Crippen molar-refractivity contribution in [3.8, 4) is 0 Å². The zero-order valence-corrected chi connectivity index (χ0v) is 14.9. The van der Waals surface area contributed by atoms with Crippen LogP contribution in [0.2, 0.25) is 0 Å². The summed E-state index contributed by atoms with van der Waals surface area (Å²) in [5.74, 6) is 0.705. The van der Waals surface area contributed by atoms with Crippen LogP contribution in [-0.2, 0) is 4.79 Å². The number of aryl methyl sites for hydroxylation is 1. The van der Waals surface area contributed by atoms with Crippen LogP contribution in [0.25, 0.3) is 0 Å². The van der Waals surface area contributed by atoms with Gasteiger partial charge in [-0.05, 0) is 44.5 Å². The van der Waals surface area contributed by atoms with Crippen molar-refractivity contribution >= 4 is 29.0 Å². The zero-order valence-electron chi connectivity index (χ0n) is 14.9. The summed E-state index contributed by atoms with van der Waals surface area (Å²) in [5.41, 5.74) is 1.83. The smallest absolute Gasteiger partial charge is 0.270 e. The number of amides is 2. The molecule has 0 spiro atoms. The van der Waals surface area contributed by atoms with Gasteiger partial charge >= 0.3 is 0 Å². The number of rotatable bonds is 6. The SMILES string of the molecule is CCC(C)NC(=O)c1cc(Nc2ccc(NC(C)=O)cc2)nc(C)n1. The van der Waals surface area contributed by atoms with Crippen molar-refractivity contribution in [2.75, 3.05) is 10.6 Å². The molecule has 0 radical (unpaired) electrons. The Morgan fingerprint density at radius 3 is 2.36 bits per heavy atom. The maximum absolute atomic E-state index is 12.2. The molecule has 3 N–H and O–H groups in total. The third-order valence-electron chi connectivity index (χ3n) is 3.54. The number of anilines is 3. The normalized spacial score (nSPS) is 11.5. The molecule has 0 saturated carbocycles. The van der Waals surface area contributed by atoms with Gasteiger partial charge in [-0.25, -0.2) is 9.97 Å². The van der Waals surface area contributed by atoms with Crippen molar-refractivity contribution in [2.24, 2.45) is 0 Å². The summed E-state index contributed by atoms with van der Waals surface area (Å²) in [6.45, 7) is 7.16. The average molecular weight is 341 g/mol. The second-order valence-corrected chi connectivity index (χ2v) is 5.85. The van der Waals surface area contributed by atoms with E-state index in [1.165, 1.54) is 6.92 Å². The predicted molar refractivity (Wildman–Crippen MR) is 98.0 cm³/mol. The van der Waals surface area contributed by atoms with Gasteiger partial charge in [-0.3, -0.25) is 9.59 Å². The van der Waals surface area contributed by atoms with E-state index in [0.29, 0.717) is 23.0 Å². The van der Waals surface area contributed by atoms with Gasteiger partial charge < -0.3 is 16.0 Å². The number of carbonyl (C=O) groups excluding carboxylic acids is 2. The van der Waals surface area contributed by atoms with Crippen molar-refractivity contribution in [3.05, 3.63) is 41.9 Å². The van der Waals surface area contributed by atoms with Crippen LogP contribution in [0.4, 0.5) is 17.2 Å². The fraction of sp³-hybridized carbons (Fsp3) is 0.333. The van der Waals surface area contributed by atoms with Crippen molar-refractivity contribution in [1.29, 1.82) is 0 Å². The van der Waals surface area contributed by atoms with Crippen molar-refractivity contribution < 1.29 is 9.59 Å². The molecule has 1 heterocycles. The van der Waals surface area contributed by atoms with Gasteiger partial charge in [0.25, 0.3) is 5.91 Å². The Morgan fingerprint density at radius 1 is 1.12 bits per heavy atom. The molecule has 0 saturated heterocycles. The molecule has 0 bridgehead atoms. The van der Waals surface area contributed by atoms with Crippen molar-refractivity contribution in [1.82, 2.24) is 15.3 Å². The summed E-state index contributed by atoms with van der Waals surface area (Å²) in [4.78, 5) is 31.8. The first-order chi connectivity index (χ1) is 11.9. The van der Waals surface area contributed by atoms with Crippen molar-refractivity contribution in [3.63, 3.8) is 0 Å². The van der Waals surface area contributed by atoms with E-state index in [1.54, 1.807) is 25.1 Å². The first-order valence-electron chi connectivity index (χ1n) is 8.18. The molecule has 132 valence electrons. The van der Waals surface area contributed by atoms with E-state index in [0.717, 1.165) is 12.1 Å². The van der Waals surface area contributed by atoms with Crippen LogP contribution in [-0.4, -0.2) is 27.8 Å². The number of hydrogen-bond acceptors (Lipinski definition) is 5. The van der Waals surface area contributed by atoms with Crippen LogP contribution in [0.1, 0.15) is 43.5 Å². The average Bonchev–Trinajstić information content (AvgIpc) is 2.55. The van der Waals surface area contributed by atoms with Crippen LogP contribution in [0.3, 0.4) is 0 Å². The van der Waals surface area contributed by atoms with E-state index in [2.05, 4.69) is 25.9 Å². The van der Waals surface area contributed by atoms with E-state index < -0.39 is 0 Å². The number of nitrogens with zero attached hydrogens (tertiary/aromatic N) is 2. The van der Waals surface area contributed by atoms with Crippen LogP contribution >= 0.6 is 0 Å². The molecule has 7 nitrogen and oxygen atoms in total. The molecule has 2 rings (SSSR count). The van der Waals surface area contributed by atoms with Crippen LogP contribution in [0.15, 0.2) is 30.3 Å². The molecule has 0 fully saturated rings. The third kappa shape index (κ3) is 5.56. The molecule has 25 heavy (non-hydrogen) atoms. The molecular weight excluding hydrogens is 318 g/mol. The van der Waals surface area contributed by atoms with Gasteiger partial charge in [-0.15, -0.1) is 0 Å². The molecular formula is C18H23N5O2. The quantitative estimate of drug-likeness (QED) is 0.750. The topological polar surface area (TPSA) is 96.0 Å². The number of aromatic nitrogens is 2. The lowest BCUT2D eigenvalue weighted by molar-refractivity contribution is -0.114. The van der Waals surface area contributed by atoms with E-state index in [9.17, 15) is 9.59 Å². The summed E-state index contributed by atoms with van der Waals surface area (Å²) in [5, 5.41) is 8.74. The number of hydrogen-bond donors (Lipinski definition) is 3. The highest BCUT2D eigenvalue weighted by molar-refractivity contribution is 5.93. The Morgan fingerprint density at radius 2 is 1.76 bits per heavy atom. The Labute approximate surface area is 147 Å². The van der Waals surface area contributed by atoms with Gasteiger partial charge in [0.2, 0.25) is 5.91 Å². The lowest BCUT2D eigenvalue weighted by Crippen LogP contribution is -2.32. The van der Waals surface area contributed by atoms with Gasteiger partial charge in [0.05, 0.1) is 0 Å². The third-order valence-corrected chi connectivity index (χ3v) is 3.54. The second kappa shape index (κ2) is 8.23. The van der Waals surface area contributed by atoms with Gasteiger partial charge in [-0.2, -0.15) is 0 Å². The molecule has 0 aliphatic heterocycles. The fourth-order valence-electron chi connectivity index (χ4n) is 2.14. The zero-order chi connectivity index (χ0) is 18.4. The largest absolute Gasteiger partial charge is 0.348 e. The standard InChI is InChI=1S/C18H23N5O2/c1-5-11(2)19-18(25)16-10-17(21-12(3)20-16)23-15-8-6-14(7-9-15)22-13(4)24/h6-11H,5H2,1-4H3,(H,19,25)(H,22,24)(H,20,21,23). The van der Waals surface area contributed by atoms with Gasteiger partial charge in [-0.1, -0.05) is 6.92 Å². The van der Waals surface area contributed by atoms with E-state index >= 15 is 0 Å². The first kappa shape index (κ1) is 18.4. The summed E-state index contributed by atoms with van der Waals surface area (Å²) in [7, 11) is 0. The Bertz CT molecular complexity index is 759. The maximum Gasteiger partial charge on any atom is 0.270 e. The molecule has 2 amide bonds. The predicted octanol–water partition coefficient (Wildman–Crippen LogP) is 3.02. The molecule has 7 heteroatoms. The number of benzene rings is 1. The summed E-state index contributed by atoms with van der Waals surface area (Å²) in [6, 6.07) is 8.92. The van der Waals surface area contributed by atoms with E-state index in [4.69, 9.17) is 0 Å². The highest BCUT2D eigenvalue weighted by Gasteiger charge is 2.12. The highest BCUT2D eigenvalue weighted by atomic mass is 16.2. The Kier molecular flexibility index (Phi) is 6.05. The minimum Gasteiger partial charge on any atom is -0.348 e. The number of nitrogens with one attached hydrogen (secondary N) is 3. The van der Waals surface area contributed by atoms with Crippen LogP contribution in [0, 0.1) is 6.92 Å². The molecule has 0 aliphatic rings. The van der Waals surface area contributed by atoms with Crippen molar-refractivity contribution in [2.45, 2.75) is 40.2 Å². The van der Waals surface area contributed by atoms with Crippen LogP contribution in [0.5, 0.6) is 0 Å². The Hall–Kier alpha value is -2.96. The van der Waals surface area contributed by atoms with Gasteiger partial charge in [0.15, 0.2) is 0 Å². The lowest BCUT2D eigenvalue weighted by Gasteiger charge is -2.12. The second-order valence-electron chi connectivity index (χ2n) is 5.85. The van der Waals surface area contributed by atoms with Crippen LogP contribution < -0.4 is 16.0 Å². The lowest BCUT2D eigenvalue weighted by atomic mass is 10.2. The molecule has 1 aromatic carbocycles. The molecule has 1 unspecified atom stereocenters. The minimum atomic E-state index is -0.219. The minimum absolute atomic E-state index is 0.0838. The van der Waals surface area contributed by atoms with Gasteiger partial charge in [0.1, 0.15) is 17.3 Å². The molecule has 2 aromatic rings. The first-order valence-corrected chi connectivity index (χ1v) is 8.18. The highest BCUT2D eigenvalue weighted by Crippen LogP contribution is 2.18. The van der Waals surface area contributed by atoms with E-state index in [-0.39, 0.29) is 17.9 Å².